The second kappa shape index (κ2) is 5.11. The Balaban J connectivity index is 2.75. The van der Waals surface area contributed by atoms with E-state index in [-0.39, 0.29) is 0 Å². The molecule has 0 bridgehead atoms. The molecule has 1 rings (SSSR count). The summed E-state index contributed by atoms with van der Waals surface area (Å²) in [5, 5.41) is 27.8. The lowest BCUT2D eigenvalue weighted by Gasteiger charge is -2.16. The maximum absolute atomic E-state index is 10.3. The highest BCUT2D eigenvalue weighted by atomic mass is 35.5. The molecule has 2 unspecified atom stereocenters. The Hall–Kier alpha value is -1.10. The predicted octanol–water partition coefficient (Wildman–Crippen LogP) is 1.21. The van der Waals surface area contributed by atoms with Crippen LogP contribution >= 0.6 is 11.6 Å². The van der Waals surface area contributed by atoms with Gasteiger partial charge in [0.15, 0.2) is 0 Å². The highest BCUT2D eigenvalue weighted by Gasteiger charge is 2.21. The fraction of sp³-hybridized carbons (Fsp3) is 0.300. The fourth-order valence-corrected chi connectivity index (χ4v) is 1.40. The highest BCUT2D eigenvalue weighted by Crippen LogP contribution is 2.21. The molecule has 2 atom stereocenters. The molecule has 4 nitrogen and oxygen atoms in total. The van der Waals surface area contributed by atoms with Gasteiger partial charge in [-0.1, -0.05) is 23.7 Å². The van der Waals surface area contributed by atoms with E-state index in [1.807, 2.05) is 0 Å². The molecule has 0 aliphatic heterocycles. The third kappa shape index (κ3) is 3.51. The van der Waals surface area contributed by atoms with Gasteiger partial charge in [0.05, 0.1) is 12.5 Å². The highest BCUT2D eigenvalue weighted by molar-refractivity contribution is 6.30. The first kappa shape index (κ1) is 12.0. The Kier molecular flexibility index (Phi) is 4.08. The van der Waals surface area contributed by atoms with Gasteiger partial charge in [0.25, 0.3) is 0 Å². The minimum absolute atomic E-state index is 0.399. The first-order valence-corrected chi connectivity index (χ1v) is 4.72. The molecule has 0 saturated heterocycles. The fourth-order valence-electron chi connectivity index (χ4n) is 1.20. The molecule has 0 saturated carbocycles. The summed E-state index contributed by atoms with van der Waals surface area (Å²) in [6.07, 6.45) is -3.08. The summed E-state index contributed by atoms with van der Waals surface area (Å²) in [7, 11) is 0. The van der Waals surface area contributed by atoms with Crippen molar-refractivity contribution < 1.29 is 20.1 Å². The average Bonchev–Trinajstić information content (AvgIpc) is 2.15. The van der Waals surface area contributed by atoms with Crippen LogP contribution in [-0.4, -0.2) is 27.4 Å². The molecular weight excluding hydrogens is 220 g/mol. The van der Waals surface area contributed by atoms with Crippen LogP contribution in [0.4, 0.5) is 0 Å². The van der Waals surface area contributed by atoms with E-state index in [9.17, 15) is 15.0 Å². The van der Waals surface area contributed by atoms with Crippen LogP contribution in [0.15, 0.2) is 24.3 Å². The summed E-state index contributed by atoms with van der Waals surface area (Å²) >= 11 is 5.69. The molecule has 0 fully saturated rings. The second-order valence-corrected chi connectivity index (χ2v) is 3.60. The number of rotatable bonds is 4. The van der Waals surface area contributed by atoms with Crippen LogP contribution in [0.2, 0.25) is 5.02 Å². The van der Waals surface area contributed by atoms with E-state index in [4.69, 9.17) is 16.7 Å². The molecular formula is C10H11ClO4. The Bertz CT molecular complexity index is 353. The summed E-state index contributed by atoms with van der Waals surface area (Å²) in [5.41, 5.74) is 0.399. The summed E-state index contributed by atoms with van der Waals surface area (Å²) in [6.45, 7) is 0. The Labute approximate surface area is 91.7 Å². The van der Waals surface area contributed by atoms with Crippen molar-refractivity contribution in [2.75, 3.05) is 0 Å². The van der Waals surface area contributed by atoms with E-state index in [1.54, 1.807) is 18.2 Å². The number of carboxylic acids is 1. The molecule has 0 heterocycles. The lowest BCUT2D eigenvalue weighted by Crippen LogP contribution is -2.21. The molecule has 3 N–H and O–H groups in total. The van der Waals surface area contributed by atoms with Gasteiger partial charge in [0.1, 0.15) is 6.10 Å². The normalized spacial score (nSPS) is 14.6. The van der Waals surface area contributed by atoms with Gasteiger partial charge in [-0.2, -0.15) is 0 Å². The van der Waals surface area contributed by atoms with Gasteiger partial charge in [-0.15, -0.1) is 0 Å². The van der Waals surface area contributed by atoms with Crippen LogP contribution in [0.1, 0.15) is 18.1 Å². The monoisotopic (exact) mass is 230 g/mol. The van der Waals surface area contributed by atoms with Crippen LogP contribution in [-0.2, 0) is 4.79 Å². The van der Waals surface area contributed by atoms with Gasteiger partial charge >= 0.3 is 5.97 Å². The largest absolute Gasteiger partial charge is 0.481 e. The first-order valence-electron chi connectivity index (χ1n) is 4.34. The van der Waals surface area contributed by atoms with Crippen molar-refractivity contribution >= 4 is 17.6 Å². The summed E-state index contributed by atoms with van der Waals surface area (Å²) < 4.78 is 0. The molecule has 1 aromatic carbocycles. The van der Waals surface area contributed by atoms with Crippen molar-refractivity contribution in [3.63, 3.8) is 0 Å². The van der Waals surface area contributed by atoms with E-state index in [1.165, 1.54) is 6.07 Å². The van der Waals surface area contributed by atoms with Crippen molar-refractivity contribution in [3.8, 4) is 0 Å². The first-order chi connectivity index (χ1) is 7.00. The SMILES string of the molecule is O=C(O)CC(O)C(O)c1cccc(Cl)c1. The molecule has 5 heteroatoms. The van der Waals surface area contributed by atoms with Gasteiger partial charge in [-0.3, -0.25) is 4.79 Å². The van der Waals surface area contributed by atoms with E-state index in [0.717, 1.165) is 0 Å². The van der Waals surface area contributed by atoms with Crippen LogP contribution in [0.3, 0.4) is 0 Å². The summed E-state index contributed by atoms with van der Waals surface area (Å²) in [4.78, 5) is 10.3. The molecule has 1 aromatic rings. The van der Waals surface area contributed by atoms with Crippen LogP contribution in [0, 0.1) is 0 Å². The summed E-state index contributed by atoms with van der Waals surface area (Å²) in [6, 6.07) is 6.30. The Morgan fingerprint density at radius 1 is 1.40 bits per heavy atom. The lowest BCUT2D eigenvalue weighted by molar-refractivity contribution is -0.141. The number of hydrogen-bond donors (Lipinski definition) is 3. The molecule has 0 aliphatic rings. The van der Waals surface area contributed by atoms with Crippen LogP contribution in [0.25, 0.3) is 0 Å². The lowest BCUT2D eigenvalue weighted by atomic mass is 10.0. The zero-order chi connectivity index (χ0) is 11.4. The van der Waals surface area contributed by atoms with Crippen LogP contribution in [0.5, 0.6) is 0 Å². The Morgan fingerprint density at radius 3 is 2.60 bits per heavy atom. The third-order valence-electron chi connectivity index (χ3n) is 1.94. The maximum atomic E-state index is 10.3. The zero-order valence-electron chi connectivity index (χ0n) is 7.80. The molecule has 15 heavy (non-hydrogen) atoms. The minimum atomic E-state index is -1.33. The van der Waals surface area contributed by atoms with Crippen molar-refractivity contribution in [2.45, 2.75) is 18.6 Å². The number of aliphatic hydroxyl groups is 2. The number of carboxylic acid groups (broad SMARTS) is 1. The van der Waals surface area contributed by atoms with E-state index < -0.39 is 24.6 Å². The van der Waals surface area contributed by atoms with Crippen LogP contribution < -0.4 is 0 Å². The van der Waals surface area contributed by atoms with Gasteiger partial charge in [-0.25, -0.2) is 0 Å². The van der Waals surface area contributed by atoms with Gasteiger partial charge in [-0.05, 0) is 17.7 Å². The number of hydrogen-bond acceptors (Lipinski definition) is 3. The average molecular weight is 231 g/mol. The van der Waals surface area contributed by atoms with Gasteiger partial charge in [0.2, 0.25) is 0 Å². The molecule has 0 aliphatic carbocycles. The molecule has 0 amide bonds. The molecule has 0 spiro atoms. The summed E-state index contributed by atoms with van der Waals surface area (Å²) in [5.74, 6) is -1.16. The predicted molar refractivity (Wildman–Crippen MR) is 54.7 cm³/mol. The Morgan fingerprint density at radius 2 is 2.07 bits per heavy atom. The maximum Gasteiger partial charge on any atom is 0.306 e. The molecule has 0 aromatic heterocycles. The van der Waals surface area contributed by atoms with E-state index in [2.05, 4.69) is 0 Å². The van der Waals surface area contributed by atoms with Crippen molar-refractivity contribution in [2.24, 2.45) is 0 Å². The topological polar surface area (TPSA) is 77.8 Å². The second-order valence-electron chi connectivity index (χ2n) is 3.17. The van der Waals surface area contributed by atoms with Crippen molar-refractivity contribution in [3.05, 3.63) is 34.9 Å². The van der Waals surface area contributed by atoms with Gasteiger partial charge < -0.3 is 15.3 Å². The third-order valence-corrected chi connectivity index (χ3v) is 2.17. The smallest absolute Gasteiger partial charge is 0.306 e. The molecule has 82 valence electrons. The van der Waals surface area contributed by atoms with Gasteiger partial charge in [0, 0.05) is 5.02 Å². The quantitative estimate of drug-likeness (QED) is 0.727. The molecule has 0 radical (unpaired) electrons. The van der Waals surface area contributed by atoms with Crippen molar-refractivity contribution in [1.29, 1.82) is 0 Å². The van der Waals surface area contributed by atoms with E-state index in [0.29, 0.717) is 10.6 Å². The van der Waals surface area contributed by atoms with E-state index >= 15 is 0 Å². The number of aliphatic hydroxyl groups excluding tert-OH is 2. The number of halogens is 1. The number of benzene rings is 1. The zero-order valence-corrected chi connectivity index (χ0v) is 8.55. The number of carbonyl (C=O) groups is 1. The standard InChI is InChI=1S/C10H11ClO4/c11-7-3-1-2-6(4-7)10(15)8(12)5-9(13)14/h1-4,8,10,12,15H,5H2,(H,13,14). The van der Waals surface area contributed by atoms with Crippen molar-refractivity contribution in [1.82, 2.24) is 0 Å². The minimum Gasteiger partial charge on any atom is -0.481 e. The number of aliphatic carboxylic acids is 1.